The molecule has 7 heteroatoms. The number of benzene rings is 1. The molecule has 7 nitrogen and oxygen atoms in total. The van der Waals surface area contributed by atoms with Crippen LogP contribution in [0.1, 0.15) is 42.6 Å². The van der Waals surface area contributed by atoms with E-state index in [0.717, 1.165) is 48.3 Å². The van der Waals surface area contributed by atoms with Crippen molar-refractivity contribution in [3.63, 3.8) is 0 Å². The molecule has 3 rings (SSSR count). The molecule has 0 radical (unpaired) electrons. The van der Waals surface area contributed by atoms with Gasteiger partial charge in [0.2, 0.25) is 5.91 Å². The maximum atomic E-state index is 11.6. The number of hydrogen-bond donors (Lipinski definition) is 2. The van der Waals surface area contributed by atoms with E-state index < -0.39 is 0 Å². The molecular formula is C17H24N6O. The van der Waals surface area contributed by atoms with Gasteiger partial charge in [-0.15, -0.1) is 5.10 Å². The fourth-order valence-electron chi connectivity index (χ4n) is 3.57. The van der Waals surface area contributed by atoms with Gasteiger partial charge in [0, 0.05) is 6.04 Å². The molecule has 0 aliphatic heterocycles. The average Bonchev–Trinajstić information content (AvgIpc) is 3.01. The minimum absolute atomic E-state index is 0.0966. The number of amides is 1. The quantitative estimate of drug-likeness (QED) is 0.864. The molecule has 1 aromatic heterocycles. The minimum atomic E-state index is -0.221. The van der Waals surface area contributed by atoms with Gasteiger partial charge in [0.1, 0.15) is 0 Å². The number of primary amides is 1. The number of nitrogens with one attached hydrogen (secondary N) is 1. The van der Waals surface area contributed by atoms with Gasteiger partial charge in [-0.3, -0.25) is 4.79 Å². The lowest BCUT2D eigenvalue weighted by atomic mass is 9.84. The second-order valence-corrected chi connectivity index (χ2v) is 6.53. The summed E-state index contributed by atoms with van der Waals surface area (Å²) < 4.78 is 1.78. The molecule has 0 spiro atoms. The van der Waals surface area contributed by atoms with Crippen molar-refractivity contribution in [3.05, 3.63) is 35.2 Å². The van der Waals surface area contributed by atoms with Crippen molar-refractivity contribution < 1.29 is 4.79 Å². The summed E-state index contributed by atoms with van der Waals surface area (Å²) in [5.74, 6) is 0.408. The van der Waals surface area contributed by atoms with E-state index in [4.69, 9.17) is 5.73 Å². The van der Waals surface area contributed by atoms with Gasteiger partial charge in [0.05, 0.1) is 18.2 Å². The molecule has 2 atom stereocenters. The second kappa shape index (κ2) is 7.09. The molecule has 0 saturated heterocycles. The molecule has 2 aromatic rings. The first-order chi connectivity index (χ1) is 11.6. The third-order valence-electron chi connectivity index (χ3n) is 4.84. The van der Waals surface area contributed by atoms with Crippen molar-refractivity contribution in [2.24, 2.45) is 11.7 Å². The van der Waals surface area contributed by atoms with Gasteiger partial charge < -0.3 is 11.1 Å². The van der Waals surface area contributed by atoms with Gasteiger partial charge in [-0.1, -0.05) is 31.0 Å². The number of para-hydroxylation sites is 1. The first-order valence-corrected chi connectivity index (χ1v) is 8.44. The van der Waals surface area contributed by atoms with Crippen LogP contribution in [0.25, 0.3) is 5.69 Å². The fraction of sp³-hybridized carbons (Fsp3) is 0.529. The third-order valence-corrected chi connectivity index (χ3v) is 4.84. The van der Waals surface area contributed by atoms with Crippen molar-refractivity contribution >= 4 is 5.91 Å². The number of nitrogens with zero attached hydrogens (tertiary/aromatic N) is 4. The molecule has 3 N–H and O–H groups in total. The Morgan fingerprint density at radius 3 is 2.71 bits per heavy atom. The molecule has 1 amide bonds. The molecule has 1 aliphatic rings. The normalized spacial score (nSPS) is 20.9. The van der Waals surface area contributed by atoms with Crippen LogP contribution in [-0.4, -0.2) is 32.2 Å². The van der Waals surface area contributed by atoms with Gasteiger partial charge in [-0.25, -0.2) is 0 Å². The van der Waals surface area contributed by atoms with Gasteiger partial charge in [-0.2, -0.15) is 4.68 Å². The number of hydrogen-bond acceptors (Lipinski definition) is 5. The van der Waals surface area contributed by atoms with Crippen LogP contribution >= 0.6 is 0 Å². The molecule has 1 heterocycles. The predicted molar refractivity (Wildman–Crippen MR) is 90.4 cm³/mol. The Hall–Kier alpha value is -2.28. The van der Waals surface area contributed by atoms with Crippen LogP contribution < -0.4 is 11.1 Å². The Bertz CT molecular complexity index is 705. The first-order valence-electron chi connectivity index (χ1n) is 8.44. The van der Waals surface area contributed by atoms with E-state index in [1.54, 1.807) is 4.68 Å². The van der Waals surface area contributed by atoms with Crippen LogP contribution in [0.4, 0.5) is 0 Å². The summed E-state index contributed by atoms with van der Waals surface area (Å²) in [4.78, 5) is 11.6. The Morgan fingerprint density at radius 1 is 1.29 bits per heavy atom. The highest BCUT2D eigenvalue weighted by atomic mass is 16.1. The maximum absolute atomic E-state index is 11.6. The SMILES string of the molecule is Cc1cccc(C)c1-n1nnnc1CN[C@H]1CCCC[C@H]1C(N)=O. The summed E-state index contributed by atoms with van der Waals surface area (Å²) in [6, 6.07) is 6.21. The van der Waals surface area contributed by atoms with Gasteiger partial charge in [0.25, 0.3) is 0 Å². The van der Waals surface area contributed by atoms with Gasteiger partial charge >= 0.3 is 0 Å². The minimum Gasteiger partial charge on any atom is -0.369 e. The number of rotatable bonds is 5. The van der Waals surface area contributed by atoms with Crippen molar-refractivity contribution in [3.8, 4) is 5.69 Å². The smallest absolute Gasteiger partial charge is 0.222 e. The molecule has 128 valence electrons. The van der Waals surface area contributed by atoms with E-state index >= 15 is 0 Å². The van der Waals surface area contributed by atoms with Crippen molar-refractivity contribution in [1.82, 2.24) is 25.5 Å². The standard InChI is InChI=1S/C17H24N6O/c1-11-6-5-7-12(2)16(11)23-15(20-21-22-23)10-19-14-9-4-3-8-13(14)17(18)24/h5-7,13-14,19H,3-4,8-10H2,1-2H3,(H2,18,24)/t13-,14+/m1/s1. The summed E-state index contributed by atoms with van der Waals surface area (Å²) >= 11 is 0. The molecule has 0 unspecified atom stereocenters. The summed E-state index contributed by atoms with van der Waals surface area (Å²) in [5, 5.41) is 15.6. The molecule has 1 saturated carbocycles. The van der Waals surface area contributed by atoms with Gasteiger partial charge in [-0.05, 0) is 48.2 Å². The van der Waals surface area contributed by atoms with Crippen molar-refractivity contribution in [1.29, 1.82) is 0 Å². The highest BCUT2D eigenvalue weighted by molar-refractivity contribution is 5.77. The number of aryl methyl sites for hydroxylation is 2. The highest BCUT2D eigenvalue weighted by Crippen LogP contribution is 2.25. The van der Waals surface area contributed by atoms with Crippen LogP contribution in [0.2, 0.25) is 0 Å². The molecule has 1 fully saturated rings. The van der Waals surface area contributed by atoms with Crippen molar-refractivity contribution in [2.45, 2.75) is 52.1 Å². The lowest BCUT2D eigenvalue weighted by molar-refractivity contribution is -0.123. The zero-order valence-corrected chi connectivity index (χ0v) is 14.2. The summed E-state index contributed by atoms with van der Waals surface area (Å²) in [7, 11) is 0. The molecule has 1 aromatic carbocycles. The number of carbonyl (C=O) groups is 1. The largest absolute Gasteiger partial charge is 0.369 e. The fourth-order valence-corrected chi connectivity index (χ4v) is 3.57. The van der Waals surface area contributed by atoms with Crippen LogP contribution in [0.5, 0.6) is 0 Å². The van der Waals surface area contributed by atoms with E-state index in [-0.39, 0.29) is 17.9 Å². The molecule has 1 aliphatic carbocycles. The topological polar surface area (TPSA) is 98.7 Å². The van der Waals surface area contributed by atoms with Crippen LogP contribution in [0.3, 0.4) is 0 Å². The van der Waals surface area contributed by atoms with E-state index in [2.05, 4.69) is 20.8 Å². The zero-order chi connectivity index (χ0) is 17.1. The lowest BCUT2D eigenvalue weighted by Gasteiger charge is -2.30. The second-order valence-electron chi connectivity index (χ2n) is 6.53. The Labute approximate surface area is 141 Å². The van der Waals surface area contributed by atoms with Crippen molar-refractivity contribution in [2.75, 3.05) is 0 Å². The lowest BCUT2D eigenvalue weighted by Crippen LogP contribution is -2.44. The number of tetrazole rings is 1. The van der Waals surface area contributed by atoms with E-state index in [0.29, 0.717) is 6.54 Å². The van der Waals surface area contributed by atoms with E-state index in [9.17, 15) is 4.79 Å². The highest BCUT2D eigenvalue weighted by Gasteiger charge is 2.29. The molecular weight excluding hydrogens is 304 g/mol. The van der Waals surface area contributed by atoms with Crippen LogP contribution in [0.15, 0.2) is 18.2 Å². The third kappa shape index (κ3) is 3.31. The Kier molecular flexibility index (Phi) is 4.89. The zero-order valence-electron chi connectivity index (χ0n) is 14.2. The average molecular weight is 328 g/mol. The monoisotopic (exact) mass is 328 g/mol. The summed E-state index contributed by atoms with van der Waals surface area (Å²) in [5.41, 5.74) is 8.79. The summed E-state index contributed by atoms with van der Waals surface area (Å²) in [6.45, 7) is 4.60. The first kappa shape index (κ1) is 16.6. The number of nitrogens with two attached hydrogens (primary N) is 1. The molecule has 0 bridgehead atoms. The van der Waals surface area contributed by atoms with E-state index in [1.807, 2.05) is 32.0 Å². The van der Waals surface area contributed by atoms with Gasteiger partial charge in [0.15, 0.2) is 5.82 Å². The van der Waals surface area contributed by atoms with Crippen LogP contribution in [0, 0.1) is 19.8 Å². The van der Waals surface area contributed by atoms with E-state index in [1.165, 1.54) is 0 Å². The Balaban J connectivity index is 1.78. The Morgan fingerprint density at radius 2 is 2.00 bits per heavy atom. The predicted octanol–water partition coefficient (Wildman–Crippen LogP) is 1.41. The molecule has 24 heavy (non-hydrogen) atoms. The maximum Gasteiger partial charge on any atom is 0.222 e. The number of carbonyl (C=O) groups excluding carboxylic acids is 1. The number of aromatic nitrogens is 4. The summed E-state index contributed by atoms with van der Waals surface area (Å²) in [6.07, 6.45) is 3.99. The van der Waals surface area contributed by atoms with Crippen LogP contribution in [-0.2, 0) is 11.3 Å².